The molecule has 0 saturated heterocycles. The average Bonchev–Trinajstić information content (AvgIpc) is 2.86. The molecule has 0 amide bonds. The van der Waals surface area contributed by atoms with Crippen molar-refractivity contribution >= 4 is 44.4 Å². The monoisotopic (exact) mass is 351 g/mol. The van der Waals surface area contributed by atoms with Crippen molar-refractivity contribution in [1.82, 2.24) is 20.2 Å². The summed E-state index contributed by atoms with van der Waals surface area (Å²) >= 11 is 9.39. The van der Waals surface area contributed by atoms with Crippen molar-refractivity contribution in [2.24, 2.45) is 0 Å². The molecule has 0 aliphatic carbocycles. The zero-order valence-electron chi connectivity index (χ0n) is 10.6. The molecule has 0 aliphatic heterocycles. The van der Waals surface area contributed by atoms with Gasteiger partial charge in [-0.1, -0.05) is 28.1 Å². The van der Waals surface area contributed by atoms with Crippen LogP contribution in [-0.2, 0) is 0 Å². The van der Waals surface area contributed by atoms with E-state index >= 15 is 0 Å². The van der Waals surface area contributed by atoms with E-state index < -0.39 is 0 Å². The quantitative estimate of drug-likeness (QED) is 0.701. The van der Waals surface area contributed by atoms with Crippen LogP contribution < -0.4 is 5.32 Å². The van der Waals surface area contributed by atoms with E-state index in [-0.39, 0.29) is 11.3 Å². The molecule has 0 saturated carbocycles. The lowest BCUT2D eigenvalue weighted by molar-refractivity contribution is 0.875. The lowest BCUT2D eigenvalue weighted by atomic mass is 10.1. The number of aromatic amines is 1. The second kappa shape index (κ2) is 5.38. The van der Waals surface area contributed by atoms with Gasteiger partial charge in [-0.3, -0.25) is 5.10 Å². The van der Waals surface area contributed by atoms with Crippen LogP contribution in [0.1, 0.15) is 18.5 Å². The molecule has 20 heavy (non-hydrogen) atoms. The van der Waals surface area contributed by atoms with E-state index in [4.69, 9.17) is 11.6 Å². The number of nitrogens with one attached hydrogen (secondary N) is 2. The summed E-state index contributed by atoms with van der Waals surface area (Å²) in [5.74, 6) is 0.668. The van der Waals surface area contributed by atoms with Crippen LogP contribution in [0.5, 0.6) is 0 Å². The summed E-state index contributed by atoms with van der Waals surface area (Å²) < 4.78 is 1.04. The van der Waals surface area contributed by atoms with E-state index in [1.54, 1.807) is 6.20 Å². The summed E-state index contributed by atoms with van der Waals surface area (Å²) in [6.45, 7) is 2.06. The maximum Gasteiger partial charge on any atom is 0.226 e. The largest absolute Gasteiger partial charge is 0.363 e. The number of rotatable bonds is 3. The first-order chi connectivity index (χ1) is 9.63. The summed E-state index contributed by atoms with van der Waals surface area (Å²) in [5.41, 5.74) is 1.76. The third-order valence-electron chi connectivity index (χ3n) is 2.98. The highest BCUT2D eigenvalue weighted by molar-refractivity contribution is 9.10. The van der Waals surface area contributed by atoms with Gasteiger partial charge in [-0.2, -0.15) is 15.1 Å². The van der Waals surface area contributed by atoms with Crippen molar-refractivity contribution in [3.05, 3.63) is 45.8 Å². The van der Waals surface area contributed by atoms with Gasteiger partial charge < -0.3 is 5.32 Å². The van der Waals surface area contributed by atoms with Crippen LogP contribution in [0.15, 0.2) is 34.9 Å². The minimum absolute atomic E-state index is 0.0802. The zero-order chi connectivity index (χ0) is 14.1. The molecule has 5 nitrogen and oxygen atoms in total. The first-order valence-electron chi connectivity index (χ1n) is 6.02. The number of hydrogen-bond donors (Lipinski definition) is 2. The molecule has 1 aromatic carbocycles. The van der Waals surface area contributed by atoms with Gasteiger partial charge in [0.05, 0.1) is 17.6 Å². The topological polar surface area (TPSA) is 66.5 Å². The summed E-state index contributed by atoms with van der Waals surface area (Å²) in [7, 11) is 0. The normalized spacial score (nSPS) is 12.6. The van der Waals surface area contributed by atoms with Gasteiger partial charge in [0.15, 0.2) is 5.65 Å². The standard InChI is InChI=1S/C13H11BrClN5/c1-7(8-3-2-4-9(14)5-8)17-11-10-6-16-20-12(10)19-13(15)18-11/h2-7H,1H3,(H2,16,17,18,19,20). The number of nitrogens with zero attached hydrogens (tertiary/aromatic N) is 3. The van der Waals surface area contributed by atoms with Crippen molar-refractivity contribution < 1.29 is 0 Å². The summed E-state index contributed by atoms with van der Waals surface area (Å²) in [6.07, 6.45) is 1.68. The molecule has 102 valence electrons. The number of aromatic nitrogens is 4. The van der Waals surface area contributed by atoms with E-state index in [1.165, 1.54) is 0 Å². The molecule has 1 atom stereocenters. The highest BCUT2D eigenvalue weighted by Crippen LogP contribution is 2.25. The molecule has 2 heterocycles. The van der Waals surface area contributed by atoms with Crippen LogP contribution in [-0.4, -0.2) is 20.2 Å². The third kappa shape index (κ3) is 2.62. The molecule has 3 rings (SSSR count). The predicted octanol–water partition coefficient (Wildman–Crippen LogP) is 3.94. The van der Waals surface area contributed by atoms with Gasteiger partial charge in [-0.05, 0) is 36.2 Å². The van der Waals surface area contributed by atoms with Crippen molar-refractivity contribution in [2.75, 3.05) is 5.32 Å². The van der Waals surface area contributed by atoms with Gasteiger partial charge in [0.1, 0.15) is 5.82 Å². The molecule has 0 fully saturated rings. The van der Waals surface area contributed by atoms with E-state index in [1.807, 2.05) is 12.1 Å². The number of anilines is 1. The van der Waals surface area contributed by atoms with Crippen LogP contribution in [0.4, 0.5) is 5.82 Å². The Labute approximate surface area is 128 Å². The number of fused-ring (bicyclic) bond motifs is 1. The van der Waals surface area contributed by atoms with E-state index in [0.717, 1.165) is 15.4 Å². The lowest BCUT2D eigenvalue weighted by Crippen LogP contribution is -2.08. The lowest BCUT2D eigenvalue weighted by Gasteiger charge is -2.15. The van der Waals surface area contributed by atoms with Crippen LogP contribution in [0.3, 0.4) is 0 Å². The fourth-order valence-electron chi connectivity index (χ4n) is 1.98. The maximum absolute atomic E-state index is 5.92. The molecular formula is C13H11BrClN5. The smallest absolute Gasteiger partial charge is 0.226 e. The first-order valence-corrected chi connectivity index (χ1v) is 7.19. The molecule has 0 radical (unpaired) electrons. The van der Waals surface area contributed by atoms with Gasteiger partial charge in [-0.25, -0.2) is 0 Å². The number of hydrogen-bond acceptors (Lipinski definition) is 4. The molecule has 0 aliphatic rings. The second-order valence-electron chi connectivity index (χ2n) is 4.39. The average molecular weight is 353 g/mol. The van der Waals surface area contributed by atoms with Gasteiger partial charge in [0.25, 0.3) is 0 Å². The van der Waals surface area contributed by atoms with Gasteiger partial charge >= 0.3 is 0 Å². The van der Waals surface area contributed by atoms with Crippen molar-refractivity contribution in [1.29, 1.82) is 0 Å². The third-order valence-corrected chi connectivity index (χ3v) is 3.65. The Hall–Kier alpha value is -1.66. The van der Waals surface area contributed by atoms with Gasteiger partial charge in [-0.15, -0.1) is 0 Å². The highest BCUT2D eigenvalue weighted by atomic mass is 79.9. The molecule has 0 spiro atoms. The SMILES string of the molecule is CC(Nc1nc(Cl)nc2[nH]ncc12)c1cccc(Br)c1. The molecule has 3 aromatic rings. The van der Waals surface area contributed by atoms with Gasteiger partial charge in [0, 0.05) is 4.47 Å². The molecule has 2 N–H and O–H groups in total. The second-order valence-corrected chi connectivity index (χ2v) is 5.65. The predicted molar refractivity (Wildman–Crippen MR) is 82.9 cm³/mol. The highest BCUT2D eigenvalue weighted by Gasteiger charge is 2.12. The first kappa shape index (κ1) is 13.3. The molecule has 7 heteroatoms. The molecular weight excluding hydrogens is 342 g/mol. The Balaban J connectivity index is 1.94. The minimum atomic E-state index is 0.0802. The van der Waals surface area contributed by atoms with E-state index in [9.17, 15) is 0 Å². The Morgan fingerprint density at radius 1 is 1.35 bits per heavy atom. The van der Waals surface area contributed by atoms with Crippen molar-refractivity contribution in [3.63, 3.8) is 0 Å². The van der Waals surface area contributed by atoms with Crippen molar-refractivity contribution in [3.8, 4) is 0 Å². The zero-order valence-corrected chi connectivity index (χ0v) is 12.9. The maximum atomic E-state index is 5.92. The Kier molecular flexibility index (Phi) is 3.58. The van der Waals surface area contributed by atoms with Crippen LogP contribution >= 0.6 is 27.5 Å². The fraction of sp³-hybridized carbons (Fsp3) is 0.154. The summed E-state index contributed by atoms with van der Waals surface area (Å²) in [5, 5.41) is 11.1. The van der Waals surface area contributed by atoms with Crippen LogP contribution in [0.2, 0.25) is 5.28 Å². The number of halogens is 2. The molecule has 1 unspecified atom stereocenters. The Morgan fingerprint density at radius 3 is 3.00 bits per heavy atom. The number of H-pyrrole nitrogens is 1. The Bertz CT molecular complexity index is 757. The van der Waals surface area contributed by atoms with Crippen LogP contribution in [0, 0.1) is 0 Å². The number of benzene rings is 1. The molecule has 2 aromatic heterocycles. The van der Waals surface area contributed by atoms with Crippen molar-refractivity contribution in [2.45, 2.75) is 13.0 Å². The minimum Gasteiger partial charge on any atom is -0.363 e. The van der Waals surface area contributed by atoms with Crippen LogP contribution in [0.25, 0.3) is 11.0 Å². The van der Waals surface area contributed by atoms with Gasteiger partial charge in [0.2, 0.25) is 5.28 Å². The van der Waals surface area contributed by atoms with E-state index in [2.05, 4.69) is 60.5 Å². The Morgan fingerprint density at radius 2 is 2.20 bits per heavy atom. The summed E-state index contributed by atoms with van der Waals surface area (Å²) in [6, 6.07) is 8.19. The van der Waals surface area contributed by atoms with E-state index in [0.29, 0.717) is 11.5 Å². The molecule has 0 bridgehead atoms. The fourth-order valence-corrected chi connectivity index (χ4v) is 2.57. The summed E-state index contributed by atoms with van der Waals surface area (Å²) in [4.78, 5) is 8.31.